The Hall–Kier alpha value is -0.620. The monoisotopic (exact) mass is 315 g/mol. The van der Waals surface area contributed by atoms with E-state index in [0.29, 0.717) is 12.3 Å². The number of rotatable bonds is 4. The van der Waals surface area contributed by atoms with Crippen molar-refractivity contribution in [3.8, 4) is 0 Å². The highest BCUT2D eigenvalue weighted by molar-refractivity contribution is 6.17. The van der Waals surface area contributed by atoms with Crippen molar-refractivity contribution < 1.29 is 19.7 Å². The van der Waals surface area contributed by atoms with Crippen LogP contribution in [0.2, 0.25) is 0 Å². The third-order valence-electron chi connectivity index (χ3n) is 5.43. The third kappa shape index (κ3) is 1.91. The van der Waals surface area contributed by atoms with Gasteiger partial charge in [0, 0.05) is 17.7 Å². The maximum absolute atomic E-state index is 12.2. The molecule has 6 atom stereocenters. The number of allylic oxidation sites excluding steroid dienone is 1. The molecule has 0 radical (unpaired) electrons. The quantitative estimate of drug-likeness (QED) is 0.408. The number of carbonyl (C=O) groups excluding carboxylic acids is 1. The van der Waals surface area contributed by atoms with Crippen molar-refractivity contribution in [3.05, 3.63) is 12.2 Å². The van der Waals surface area contributed by atoms with Gasteiger partial charge in [-0.15, -0.1) is 11.6 Å². The van der Waals surface area contributed by atoms with Crippen molar-refractivity contribution >= 4 is 17.6 Å². The number of hydrogen-bond donors (Lipinski definition) is 3. The molecule has 0 saturated carbocycles. The average molecular weight is 316 g/mol. The standard InChI is InChI=1S/C15H22ClNO4/c1-14-10(7-8-16)12(19)17-15(14,13(20)21-14)11(18)9-5-3-2-4-6-9/h3,5,9-12,17-19H,2,4,6-8H2,1H3/t9-,10?,11+,12?,14+,15+/m1/s1. The Morgan fingerprint density at radius 2 is 2.38 bits per heavy atom. The Balaban J connectivity index is 1.92. The predicted molar refractivity (Wildman–Crippen MR) is 77.7 cm³/mol. The van der Waals surface area contributed by atoms with Crippen LogP contribution in [0.3, 0.4) is 0 Å². The number of fused-ring (bicyclic) bond motifs is 1. The summed E-state index contributed by atoms with van der Waals surface area (Å²) >= 11 is 5.80. The van der Waals surface area contributed by atoms with E-state index in [1.807, 2.05) is 12.2 Å². The van der Waals surface area contributed by atoms with E-state index in [9.17, 15) is 15.0 Å². The largest absolute Gasteiger partial charge is 0.455 e. The van der Waals surface area contributed by atoms with Crippen LogP contribution in [0, 0.1) is 11.8 Å². The normalized spacial score (nSPS) is 46.7. The van der Waals surface area contributed by atoms with E-state index in [1.165, 1.54) is 0 Å². The van der Waals surface area contributed by atoms with Crippen molar-refractivity contribution in [2.45, 2.75) is 56.1 Å². The highest BCUT2D eigenvalue weighted by Crippen LogP contribution is 2.54. The smallest absolute Gasteiger partial charge is 0.334 e. The third-order valence-corrected chi connectivity index (χ3v) is 5.65. The van der Waals surface area contributed by atoms with Crippen LogP contribution in [-0.2, 0) is 9.53 Å². The van der Waals surface area contributed by atoms with Crippen LogP contribution >= 0.6 is 11.6 Å². The molecule has 2 saturated heterocycles. The van der Waals surface area contributed by atoms with Crippen LogP contribution < -0.4 is 5.32 Å². The second kappa shape index (κ2) is 5.23. The Morgan fingerprint density at radius 3 is 2.95 bits per heavy atom. The Morgan fingerprint density at radius 1 is 1.62 bits per heavy atom. The van der Waals surface area contributed by atoms with E-state index >= 15 is 0 Å². The zero-order chi connectivity index (χ0) is 15.3. The number of hydrogen-bond acceptors (Lipinski definition) is 5. The molecule has 0 aromatic carbocycles. The lowest BCUT2D eigenvalue weighted by atomic mass is 9.64. The van der Waals surface area contributed by atoms with E-state index in [2.05, 4.69) is 5.32 Å². The van der Waals surface area contributed by atoms with Gasteiger partial charge in [-0.2, -0.15) is 0 Å². The SMILES string of the molecule is C[C@@]12OC(=O)[C@]1([C@@H](O)[C@@H]1C=CCCC1)NC(O)C2CCCl. The highest BCUT2D eigenvalue weighted by atomic mass is 35.5. The van der Waals surface area contributed by atoms with Crippen LogP contribution in [0.5, 0.6) is 0 Å². The summed E-state index contributed by atoms with van der Waals surface area (Å²) in [6.45, 7) is 1.78. The van der Waals surface area contributed by atoms with Gasteiger partial charge in [0.05, 0.1) is 6.10 Å². The summed E-state index contributed by atoms with van der Waals surface area (Å²) in [6, 6.07) is 0. The minimum absolute atomic E-state index is 0.0969. The fourth-order valence-electron chi connectivity index (χ4n) is 4.19. The lowest BCUT2D eigenvalue weighted by molar-refractivity contribution is -0.238. The number of esters is 1. The van der Waals surface area contributed by atoms with Crippen molar-refractivity contribution in [1.29, 1.82) is 0 Å². The summed E-state index contributed by atoms with van der Waals surface area (Å²) in [5.41, 5.74) is -2.14. The molecular weight excluding hydrogens is 294 g/mol. The summed E-state index contributed by atoms with van der Waals surface area (Å²) in [7, 11) is 0. The lowest BCUT2D eigenvalue weighted by Gasteiger charge is -2.55. The van der Waals surface area contributed by atoms with E-state index in [-0.39, 0.29) is 11.8 Å². The van der Waals surface area contributed by atoms with Crippen LogP contribution in [0.4, 0.5) is 0 Å². The Labute approximate surface area is 129 Å². The molecule has 21 heavy (non-hydrogen) atoms. The molecule has 2 heterocycles. The number of carbonyl (C=O) groups is 1. The number of nitrogens with one attached hydrogen (secondary N) is 1. The minimum Gasteiger partial charge on any atom is -0.455 e. The Bertz CT molecular complexity index is 471. The summed E-state index contributed by atoms with van der Waals surface area (Å²) in [4.78, 5) is 12.2. The van der Waals surface area contributed by atoms with Crippen molar-refractivity contribution in [1.82, 2.24) is 5.32 Å². The number of alkyl halides is 1. The highest BCUT2D eigenvalue weighted by Gasteiger charge is 2.78. The van der Waals surface area contributed by atoms with Gasteiger partial charge in [0.25, 0.3) is 0 Å². The van der Waals surface area contributed by atoms with Crippen LogP contribution in [0.25, 0.3) is 0 Å². The van der Waals surface area contributed by atoms with E-state index < -0.39 is 29.4 Å². The molecule has 2 fully saturated rings. The average Bonchev–Trinajstić information content (AvgIpc) is 2.65. The van der Waals surface area contributed by atoms with Gasteiger partial charge in [-0.05, 0) is 32.6 Å². The maximum Gasteiger partial charge on any atom is 0.334 e. The van der Waals surface area contributed by atoms with E-state index in [0.717, 1.165) is 19.3 Å². The molecule has 0 spiro atoms. The summed E-state index contributed by atoms with van der Waals surface area (Å²) in [5.74, 6) is -0.519. The van der Waals surface area contributed by atoms with Gasteiger partial charge in [-0.3, -0.25) is 5.32 Å². The molecule has 6 heteroatoms. The first kappa shape index (κ1) is 15.3. The number of aliphatic hydroxyl groups is 2. The van der Waals surface area contributed by atoms with Gasteiger partial charge in [0.1, 0.15) is 11.8 Å². The van der Waals surface area contributed by atoms with Crippen LogP contribution in [-0.4, -0.2) is 45.5 Å². The summed E-state index contributed by atoms with van der Waals surface area (Å²) < 4.78 is 5.40. The molecule has 0 amide bonds. The first-order valence-corrected chi connectivity index (χ1v) is 8.10. The van der Waals surface area contributed by atoms with Gasteiger partial charge in [0.2, 0.25) is 0 Å². The van der Waals surface area contributed by atoms with Crippen molar-refractivity contribution in [2.75, 3.05) is 5.88 Å². The molecule has 3 rings (SSSR count). The van der Waals surface area contributed by atoms with Crippen molar-refractivity contribution in [2.24, 2.45) is 11.8 Å². The summed E-state index contributed by atoms with van der Waals surface area (Å²) in [5, 5.41) is 24.0. The Kier molecular flexibility index (Phi) is 3.81. The second-order valence-corrected chi connectivity index (χ2v) is 6.82. The predicted octanol–water partition coefficient (Wildman–Crippen LogP) is 0.925. The molecule has 2 aliphatic heterocycles. The molecule has 0 aromatic heterocycles. The van der Waals surface area contributed by atoms with Gasteiger partial charge in [0.15, 0.2) is 5.54 Å². The number of ether oxygens (including phenoxy) is 1. The molecular formula is C15H22ClNO4. The molecule has 118 valence electrons. The zero-order valence-corrected chi connectivity index (χ0v) is 12.8. The van der Waals surface area contributed by atoms with Gasteiger partial charge < -0.3 is 14.9 Å². The fraction of sp³-hybridized carbons (Fsp3) is 0.800. The van der Waals surface area contributed by atoms with E-state index in [1.54, 1.807) is 6.92 Å². The van der Waals surface area contributed by atoms with Crippen LogP contribution in [0.15, 0.2) is 12.2 Å². The number of halogens is 1. The van der Waals surface area contributed by atoms with Crippen molar-refractivity contribution in [3.63, 3.8) is 0 Å². The summed E-state index contributed by atoms with van der Waals surface area (Å²) in [6.07, 6.45) is 5.55. The zero-order valence-electron chi connectivity index (χ0n) is 12.1. The van der Waals surface area contributed by atoms with Gasteiger partial charge >= 0.3 is 5.97 Å². The molecule has 0 bridgehead atoms. The molecule has 3 aliphatic rings. The topological polar surface area (TPSA) is 78.8 Å². The first-order chi connectivity index (χ1) is 9.97. The van der Waals surface area contributed by atoms with Gasteiger partial charge in [-0.25, -0.2) is 4.79 Å². The number of aliphatic hydroxyl groups excluding tert-OH is 2. The lowest BCUT2D eigenvalue weighted by Crippen LogP contribution is -2.80. The molecule has 0 aromatic rings. The van der Waals surface area contributed by atoms with Gasteiger partial charge in [-0.1, -0.05) is 12.2 Å². The van der Waals surface area contributed by atoms with E-state index in [4.69, 9.17) is 16.3 Å². The minimum atomic E-state index is -1.23. The molecule has 3 N–H and O–H groups in total. The molecule has 1 aliphatic carbocycles. The fourth-order valence-corrected chi connectivity index (χ4v) is 4.42. The van der Waals surface area contributed by atoms with Crippen LogP contribution in [0.1, 0.15) is 32.6 Å². The molecule has 5 nitrogen and oxygen atoms in total. The second-order valence-electron chi connectivity index (χ2n) is 6.45. The first-order valence-electron chi connectivity index (χ1n) is 7.57. The maximum atomic E-state index is 12.2. The molecule has 2 unspecified atom stereocenters.